The number of nitriles is 2. The van der Waals surface area contributed by atoms with Gasteiger partial charge in [0.05, 0.1) is 22.7 Å². The number of anilines is 1. The Hall–Kier alpha value is -2.37. The maximum Gasteiger partial charge on any atom is 0.101 e. The van der Waals surface area contributed by atoms with Crippen molar-refractivity contribution >= 4 is 17.0 Å². The number of rotatable bonds is 3. The van der Waals surface area contributed by atoms with Crippen LogP contribution >= 0.6 is 11.3 Å². The third kappa shape index (κ3) is 2.48. The average Bonchev–Trinajstić information content (AvgIpc) is 2.92. The van der Waals surface area contributed by atoms with Gasteiger partial charge >= 0.3 is 0 Å². The van der Waals surface area contributed by atoms with E-state index < -0.39 is 0 Å². The lowest BCUT2D eigenvalue weighted by Gasteiger charge is -2.13. The lowest BCUT2D eigenvalue weighted by atomic mass is 10.1. The van der Waals surface area contributed by atoms with Crippen LogP contribution in [0.5, 0.6) is 0 Å². The van der Waals surface area contributed by atoms with Crippen molar-refractivity contribution in [3.05, 3.63) is 45.9 Å². The Labute approximate surface area is 109 Å². The van der Waals surface area contributed by atoms with Gasteiger partial charge in [0.15, 0.2) is 0 Å². The Morgan fingerprint density at radius 3 is 2.67 bits per heavy atom. The molecule has 1 heterocycles. The molecule has 0 aliphatic carbocycles. The molecule has 0 amide bonds. The third-order valence-corrected chi connectivity index (χ3v) is 3.48. The SMILES string of the molecule is CC(Nc1ccc(C#N)c(C#N)c1)c1cncs1. The van der Waals surface area contributed by atoms with Gasteiger partial charge in [0.2, 0.25) is 0 Å². The maximum atomic E-state index is 8.96. The van der Waals surface area contributed by atoms with E-state index in [1.54, 1.807) is 35.0 Å². The molecule has 5 heteroatoms. The number of benzene rings is 1. The second-order valence-corrected chi connectivity index (χ2v) is 4.67. The van der Waals surface area contributed by atoms with Crippen LogP contribution in [0.2, 0.25) is 0 Å². The van der Waals surface area contributed by atoms with E-state index in [1.165, 1.54) is 0 Å². The Bertz CT molecular complexity index is 619. The van der Waals surface area contributed by atoms with Crippen molar-refractivity contribution < 1.29 is 0 Å². The topological polar surface area (TPSA) is 72.5 Å². The monoisotopic (exact) mass is 254 g/mol. The first-order valence-electron chi connectivity index (χ1n) is 5.33. The van der Waals surface area contributed by atoms with Crippen LogP contribution in [0.15, 0.2) is 29.9 Å². The fourth-order valence-corrected chi connectivity index (χ4v) is 2.21. The van der Waals surface area contributed by atoms with E-state index in [1.807, 2.05) is 25.3 Å². The minimum absolute atomic E-state index is 0.122. The van der Waals surface area contributed by atoms with Crippen LogP contribution in [0.25, 0.3) is 0 Å². The highest BCUT2D eigenvalue weighted by Crippen LogP contribution is 2.23. The average molecular weight is 254 g/mol. The summed E-state index contributed by atoms with van der Waals surface area (Å²) in [6.07, 6.45) is 1.82. The van der Waals surface area contributed by atoms with Crippen LogP contribution in [-0.2, 0) is 0 Å². The summed E-state index contributed by atoms with van der Waals surface area (Å²) < 4.78 is 0. The Morgan fingerprint density at radius 2 is 2.06 bits per heavy atom. The predicted octanol–water partition coefficient (Wildman–Crippen LogP) is 3.06. The smallest absolute Gasteiger partial charge is 0.101 e. The molecule has 2 aromatic rings. The van der Waals surface area contributed by atoms with Crippen molar-refractivity contribution in [1.29, 1.82) is 10.5 Å². The first kappa shape index (κ1) is 12.1. The van der Waals surface area contributed by atoms with Gasteiger partial charge in [-0.15, -0.1) is 11.3 Å². The second kappa shape index (κ2) is 5.31. The molecule has 18 heavy (non-hydrogen) atoms. The van der Waals surface area contributed by atoms with Crippen LogP contribution < -0.4 is 5.32 Å². The summed E-state index contributed by atoms with van der Waals surface area (Å²) in [6, 6.07) is 9.29. The maximum absolute atomic E-state index is 8.96. The molecular weight excluding hydrogens is 244 g/mol. The largest absolute Gasteiger partial charge is 0.378 e. The van der Waals surface area contributed by atoms with Crippen molar-refractivity contribution in [1.82, 2.24) is 4.98 Å². The first-order chi connectivity index (χ1) is 8.74. The Kier molecular flexibility index (Phi) is 3.57. The van der Waals surface area contributed by atoms with E-state index in [0.29, 0.717) is 11.1 Å². The molecule has 4 nitrogen and oxygen atoms in total. The first-order valence-corrected chi connectivity index (χ1v) is 6.21. The summed E-state index contributed by atoms with van der Waals surface area (Å²) in [6.45, 7) is 2.03. The van der Waals surface area contributed by atoms with Crippen LogP contribution in [0.4, 0.5) is 5.69 Å². The lowest BCUT2D eigenvalue weighted by Crippen LogP contribution is -2.05. The van der Waals surface area contributed by atoms with Gasteiger partial charge in [-0.2, -0.15) is 10.5 Å². The highest BCUT2D eigenvalue weighted by Gasteiger charge is 2.08. The molecule has 0 fully saturated rings. The van der Waals surface area contributed by atoms with Crippen molar-refractivity contribution in [2.24, 2.45) is 0 Å². The summed E-state index contributed by atoms with van der Waals surface area (Å²) in [4.78, 5) is 5.15. The van der Waals surface area contributed by atoms with Crippen molar-refractivity contribution in [3.63, 3.8) is 0 Å². The molecule has 1 N–H and O–H groups in total. The zero-order valence-electron chi connectivity index (χ0n) is 9.71. The lowest BCUT2D eigenvalue weighted by molar-refractivity contribution is 0.903. The number of thiazole rings is 1. The van der Waals surface area contributed by atoms with E-state index in [4.69, 9.17) is 10.5 Å². The summed E-state index contributed by atoms with van der Waals surface area (Å²) in [7, 11) is 0. The highest BCUT2D eigenvalue weighted by molar-refractivity contribution is 7.09. The van der Waals surface area contributed by atoms with Crippen LogP contribution in [-0.4, -0.2) is 4.98 Å². The molecule has 0 spiro atoms. The normalized spacial score (nSPS) is 11.3. The van der Waals surface area contributed by atoms with E-state index in [9.17, 15) is 0 Å². The summed E-state index contributed by atoms with van der Waals surface area (Å²) in [5.74, 6) is 0. The van der Waals surface area contributed by atoms with Gasteiger partial charge in [-0.05, 0) is 25.1 Å². The highest BCUT2D eigenvalue weighted by atomic mass is 32.1. The predicted molar refractivity (Wildman–Crippen MR) is 70.0 cm³/mol. The van der Waals surface area contributed by atoms with Crippen LogP contribution in [0, 0.1) is 22.7 Å². The minimum atomic E-state index is 0.122. The van der Waals surface area contributed by atoms with Crippen molar-refractivity contribution in [3.8, 4) is 12.1 Å². The fraction of sp³-hybridized carbons (Fsp3) is 0.154. The van der Waals surface area contributed by atoms with Gasteiger partial charge in [0.25, 0.3) is 0 Å². The zero-order valence-corrected chi connectivity index (χ0v) is 10.5. The van der Waals surface area contributed by atoms with E-state index in [2.05, 4.69) is 10.3 Å². The molecule has 0 saturated carbocycles. The zero-order chi connectivity index (χ0) is 13.0. The standard InChI is InChI=1S/C13H10N4S/c1-9(13-7-16-8-18-13)17-12-3-2-10(5-14)11(4-12)6-15/h2-4,7-9,17H,1H3. The molecule has 1 aromatic carbocycles. The molecule has 0 aliphatic heterocycles. The molecule has 88 valence electrons. The summed E-state index contributed by atoms with van der Waals surface area (Å²) in [5.41, 5.74) is 3.39. The van der Waals surface area contributed by atoms with Gasteiger partial charge in [0.1, 0.15) is 12.1 Å². The molecule has 0 bridgehead atoms. The molecule has 1 aromatic heterocycles. The van der Waals surface area contributed by atoms with Gasteiger partial charge < -0.3 is 5.32 Å². The molecule has 1 unspecified atom stereocenters. The second-order valence-electron chi connectivity index (χ2n) is 3.75. The van der Waals surface area contributed by atoms with Crippen molar-refractivity contribution in [2.75, 3.05) is 5.32 Å². The van der Waals surface area contributed by atoms with E-state index >= 15 is 0 Å². The van der Waals surface area contributed by atoms with E-state index in [-0.39, 0.29) is 6.04 Å². The fourth-order valence-electron chi connectivity index (χ4n) is 1.58. The number of nitrogens with zero attached hydrogens (tertiary/aromatic N) is 3. The van der Waals surface area contributed by atoms with Gasteiger partial charge in [-0.1, -0.05) is 0 Å². The Morgan fingerprint density at radius 1 is 1.28 bits per heavy atom. The van der Waals surface area contributed by atoms with E-state index in [0.717, 1.165) is 10.6 Å². The van der Waals surface area contributed by atoms with Gasteiger partial charge in [-0.25, -0.2) is 0 Å². The molecule has 1 atom stereocenters. The quantitative estimate of drug-likeness (QED) is 0.913. The third-order valence-electron chi connectivity index (χ3n) is 2.52. The minimum Gasteiger partial charge on any atom is -0.378 e. The molecule has 0 saturated heterocycles. The molecule has 0 radical (unpaired) electrons. The number of hydrogen-bond donors (Lipinski definition) is 1. The molecule has 2 rings (SSSR count). The number of hydrogen-bond acceptors (Lipinski definition) is 5. The Balaban J connectivity index is 2.21. The summed E-state index contributed by atoms with van der Waals surface area (Å²) in [5, 5.41) is 21.1. The van der Waals surface area contributed by atoms with Crippen LogP contribution in [0.3, 0.4) is 0 Å². The van der Waals surface area contributed by atoms with Crippen molar-refractivity contribution in [2.45, 2.75) is 13.0 Å². The summed E-state index contributed by atoms with van der Waals surface area (Å²) >= 11 is 1.58. The van der Waals surface area contributed by atoms with Gasteiger partial charge in [0, 0.05) is 16.8 Å². The van der Waals surface area contributed by atoms with Gasteiger partial charge in [-0.3, -0.25) is 4.98 Å². The van der Waals surface area contributed by atoms with Crippen LogP contribution in [0.1, 0.15) is 29.0 Å². The number of aromatic nitrogens is 1. The molecule has 0 aliphatic rings. The number of nitrogens with one attached hydrogen (secondary N) is 1. The molecular formula is C13H10N4S.